The highest BCUT2D eigenvalue weighted by molar-refractivity contribution is 6.16. The maximum absolute atomic E-state index is 12.5. The lowest BCUT2D eigenvalue weighted by Gasteiger charge is -2.29. The number of morpholine rings is 1. The number of hydrogen-bond acceptors (Lipinski definition) is 5. The van der Waals surface area contributed by atoms with Crippen molar-refractivity contribution < 1.29 is 19.1 Å². The molecule has 0 radical (unpaired) electrons. The summed E-state index contributed by atoms with van der Waals surface area (Å²) in [7, 11) is 0. The second-order valence-electron chi connectivity index (χ2n) is 9.32. The molecule has 2 fully saturated rings. The van der Waals surface area contributed by atoms with E-state index < -0.39 is 18.0 Å². The summed E-state index contributed by atoms with van der Waals surface area (Å²) in [6, 6.07) is -1.47. The summed E-state index contributed by atoms with van der Waals surface area (Å²) in [5.41, 5.74) is 0. The average Bonchev–Trinajstić information content (AvgIpc) is 3.10. The second kappa shape index (κ2) is 16.8. The van der Waals surface area contributed by atoms with Gasteiger partial charge in [0.05, 0.1) is 19.9 Å². The number of carbonyl (C=O) groups excluding carboxylic acids is 3. The van der Waals surface area contributed by atoms with Crippen LogP contribution in [0.4, 0.5) is 4.79 Å². The Kier molecular flexibility index (Phi) is 14.0. The molecule has 0 spiro atoms. The first kappa shape index (κ1) is 27.5. The zero-order valence-electron chi connectivity index (χ0n) is 20.7. The Balaban J connectivity index is 1.47. The summed E-state index contributed by atoms with van der Waals surface area (Å²) in [6.07, 6.45) is 20.6. The lowest BCUT2D eigenvalue weighted by Crippen LogP contribution is -2.46. The quantitative estimate of drug-likeness (QED) is 0.137. The van der Waals surface area contributed by atoms with Crippen LogP contribution in [0.3, 0.4) is 0 Å². The fraction of sp³-hybridized carbons (Fsp3) is 0.808. The van der Waals surface area contributed by atoms with E-state index in [1.165, 1.54) is 57.8 Å². The van der Waals surface area contributed by atoms with E-state index in [1.54, 1.807) is 0 Å². The SMILES string of the molecule is CCCCCCCCC=CCCCCCCCC(=O)C1NC(=O)N(CN2CCOCC2)C1=O. The van der Waals surface area contributed by atoms with Gasteiger partial charge < -0.3 is 10.1 Å². The third-order valence-electron chi connectivity index (χ3n) is 6.48. The fourth-order valence-electron chi connectivity index (χ4n) is 4.33. The van der Waals surface area contributed by atoms with Gasteiger partial charge in [-0.15, -0.1) is 0 Å². The van der Waals surface area contributed by atoms with E-state index >= 15 is 0 Å². The van der Waals surface area contributed by atoms with E-state index in [9.17, 15) is 14.4 Å². The van der Waals surface area contributed by atoms with Gasteiger partial charge in [0, 0.05) is 19.5 Å². The molecular weight excluding hydrogens is 418 g/mol. The van der Waals surface area contributed by atoms with Crippen molar-refractivity contribution in [3.05, 3.63) is 12.2 Å². The van der Waals surface area contributed by atoms with Crippen LogP contribution >= 0.6 is 0 Å². The normalized spacial score (nSPS) is 19.5. The zero-order valence-corrected chi connectivity index (χ0v) is 20.7. The van der Waals surface area contributed by atoms with Gasteiger partial charge >= 0.3 is 6.03 Å². The van der Waals surface area contributed by atoms with Crippen molar-refractivity contribution in [2.24, 2.45) is 0 Å². The third kappa shape index (κ3) is 10.8. The largest absolute Gasteiger partial charge is 0.379 e. The van der Waals surface area contributed by atoms with Gasteiger partial charge in [0.25, 0.3) is 5.91 Å². The molecule has 0 saturated carbocycles. The van der Waals surface area contributed by atoms with Gasteiger partial charge in [0.15, 0.2) is 11.8 Å². The fourth-order valence-corrected chi connectivity index (χ4v) is 4.33. The molecular formula is C26H45N3O4. The molecule has 188 valence electrons. The molecule has 2 aliphatic rings. The summed E-state index contributed by atoms with van der Waals surface area (Å²) in [5.74, 6) is -0.584. The number of rotatable bonds is 18. The minimum absolute atomic E-state index is 0.171. The Hall–Kier alpha value is -1.73. The van der Waals surface area contributed by atoms with Crippen LogP contribution in [0.2, 0.25) is 0 Å². The first-order valence-electron chi connectivity index (χ1n) is 13.2. The Morgan fingerprint density at radius 3 is 2.12 bits per heavy atom. The number of ether oxygens (including phenoxy) is 1. The molecule has 1 atom stereocenters. The molecule has 1 unspecified atom stereocenters. The van der Waals surface area contributed by atoms with Gasteiger partial charge in [-0.2, -0.15) is 0 Å². The van der Waals surface area contributed by atoms with Crippen molar-refractivity contribution in [1.82, 2.24) is 15.1 Å². The van der Waals surface area contributed by atoms with Crippen LogP contribution in [0.1, 0.15) is 96.8 Å². The van der Waals surface area contributed by atoms with Gasteiger partial charge in [-0.3, -0.25) is 14.5 Å². The minimum Gasteiger partial charge on any atom is -0.379 e. The smallest absolute Gasteiger partial charge is 0.326 e. The number of carbonyl (C=O) groups is 3. The third-order valence-corrected chi connectivity index (χ3v) is 6.48. The second-order valence-corrected chi connectivity index (χ2v) is 9.32. The molecule has 2 rings (SSSR count). The number of amides is 3. The Morgan fingerprint density at radius 1 is 0.909 bits per heavy atom. The molecule has 0 aromatic carbocycles. The van der Waals surface area contributed by atoms with Crippen molar-refractivity contribution >= 4 is 17.7 Å². The number of hydrogen-bond donors (Lipinski definition) is 1. The summed E-state index contributed by atoms with van der Waals surface area (Å²) < 4.78 is 5.29. The zero-order chi connectivity index (χ0) is 23.7. The monoisotopic (exact) mass is 463 g/mol. The van der Waals surface area contributed by atoms with Crippen LogP contribution in [-0.4, -0.2) is 66.5 Å². The van der Waals surface area contributed by atoms with Crippen LogP contribution < -0.4 is 5.32 Å². The minimum atomic E-state index is -1.00. The highest BCUT2D eigenvalue weighted by Crippen LogP contribution is 2.14. The lowest BCUT2D eigenvalue weighted by molar-refractivity contribution is -0.134. The van der Waals surface area contributed by atoms with Gasteiger partial charge in [0.2, 0.25) is 0 Å². The van der Waals surface area contributed by atoms with Crippen LogP contribution in [0, 0.1) is 0 Å². The van der Waals surface area contributed by atoms with Crippen molar-refractivity contribution in [2.45, 2.75) is 103 Å². The maximum atomic E-state index is 12.5. The van der Waals surface area contributed by atoms with Crippen LogP contribution in [0.15, 0.2) is 12.2 Å². The van der Waals surface area contributed by atoms with Crippen molar-refractivity contribution in [3.8, 4) is 0 Å². The average molecular weight is 464 g/mol. The maximum Gasteiger partial charge on any atom is 0.326 e. The first-order chi connectivity index (χ1) is 16.1. The number of unbranched alkanes of at least 4 members (excludes halogenated alkanes) is 11. The van der Waals surface area contributed by atoms with E-state index in [1.807, 2.05) is 4.90 Å². The van der Waals surface area contributed by atoms with E-state index in [0.29, 0.717) is 32.7 Å². The van der Waals surface area contributed by atoms with Crippen molar-refractivity contribution in [2.75, 3.05) is 33.0 Å². The molecule has 33 heavy (non-hydrogen) atoms. The van der Waals surface area contributed by atoms with Gasteiger partial charge in [-0.1, -0.05) is 70.4 Å². The number of nitrogens with zero attached hydrogens (tertiary/aromatic N) is 2. The van der Waals surface area contributed by atoms with Crippen LogP contribution in [0.25, 0.3) is 0 Å². The summed E-state index contributed by atoms with van der Waals surface area (Å²) in [6.45, 7) is 5.05. The highest BCUT2D eigenvalue weighted by atomic mass is 16.5. The lowest BCUT2D eigenvalue weighted by atomic mass is 10.0. The Labute approximate surface area is 200 Å². The highest BCUT2D eigenvalue weighted by Gasteiger charge is 2.42. The molecule has 2 aliphatic heterocycles. The van der Waals surface area contributed by atoms with Gasteiger partial charge in [-0.25, -0.2) is 9.69 Å². The molecule has 3 amide bonds. The molecule has 0 aliphatic carbocycles. The topological polar surface area (TPSA) is 79.0 Å². The van der Waals surface area contributed by atoms with E-state index in [2.05, 4.69) is 24.4 Å². The standard InChI is InChI=1S/C26H45N3O4/c1-2-3-4-5-6-7-8-9-10-11-12-13-14-15-16-17-23(30)24-25(31)29(26(32)27-24)22-28-18-20-33-21-19-28/h9-10,24H,2-8,11-22H2,1H3,(H,27,32). The molecule has 0 aromatic heterocycles. The number of imide groups is 1. The van der Waals surface area contributed by atoms with E-state index in [-0.39, 0.29) is 12.5 Å². The van der Waals surface area contributed by atoms with Gasteiger partial charge in [-0.05, 0) is 32.1 Å². The summed E-state index contributed by atoms with van der Waals surface area (Å²) >= 11 is 0. The number of urea groups is 1. The first-order valence-corrected chi connectivity index (χ1v) is 13.2. The predicted molar refractivity (Wildman–Crippen MR) is 131 cm³/mol. The molecule has 1 N–H and O–H groups in total. The van der Waals surface area contributed by atoms with Crippen LogP contribution in [-0.2, 0) is 14.3 Å². The summed E-state index contributed by atoms with van der Waals surface area (Å²) in [5, 5.41) is 2.57. The van der Waals surface area contributed by atoms with E-state index in [0.717, 1.165) is 30.6 Å². The molecule has 7 nitrogen and oxygen atoms in total. The number of nitrogens with one attached hydrogen (secondary N) is 1. The molecule has 0 bridgehead atoms. The Bertz CT molecular complexity index is 617. The van der Waals surface area contributed by atoms with Gasteiger partial charge in [0.1, 0.15) is 0 Å². The van der Waals surface area contributed by atoms with Crippen molar-refractivity contribution in [1.29, 1.82) is 0 Å². The number of ketones is 1. The summed E-state index contributed by atoms with van der Waals surface area (Å²) in [4.78, 5) is 40.3. The molecule has 2 saturated heterocycles. The van der Waals surface area contributed by atoms with Crippen LogP contribution in [0.5, 0.6) is 0 Å². The van der Waals surface area contributed by atoms with Crippen molar-refractivity contribution in [3.63, 3.8) is 0 Å². The number of allylic oxidation sites excluding steroid dienone is 2. The van der Waals surface area contributed by atoms with E-state index in [4.69, 9.17) is 4.74 Å². The number of Topliss-reactive ketones (excluding diaryl/α,β-unsaturated/α-hetero) is 1. The predicted octanol–water partition coefficient (Wildman–Crippen LogP) is 4.80. The molecule has 0 aromatic rings. The molecule has 2 heterocycles. The molecule has 7 heteroatoms. The Morgan fingerprint density at radius 2 is 1.48 bits per heavy atom.